The number of carbonyl (C=O) groups is 2. The fraction of sp³-hybridized carbons (Fsp3) is 0.364. The Morgan fingerprint density at radius 3 is 1.75 bits per heavy atom. The van der Waals surface area contributed by atoms with Gasteiger partial charge < -0.3 is 18.9 Å². The molecule has 0 atom stereocenters. The number of esters is 2. The van der Waals surface area contributed by atoms with E-state index in [-0.39, 0.29) is 13.2 Å². The molecule has 3 rings (SSSR count). The van der Waals surface area contributed by atoms with E-state index < -0.39 is 17.9 Å². The third-order valence-electron chi connectivity index (χ3n) is 6.33. The summed E-state index contributed by atoms with van der Waals surface area (Å²) < 4.78 is 21.8. The van der Waals surface area contributed by atoms with Gasteiger partial charge in [-0.05, 0) is 79.8 Å². The van der Waals surface area contributed by atoms with E-state index in [1.165, 1.54) is 0 Å². The molecule has 40 heavy (non-hydrogen) atoms. The Morgan fingerprint density at radius 2 is 1.23 bits per heavy atom. The van der Waals surface area contributed by atoms with Gasteiger partial charge in [0.05, 0.1) is 31.5 Å². The molecule has 3 aromatic rings. The van der Waals surface area contributed by atoms with Gasteiger partial charge in [-0.25, -0.2) is 0 Å². The number of benzene rings is 3. The minimum absolute atomic E-state index is 0.246. The second-order valence-electron chi connectivity index (χ2n) is 9.25. The van der Waals surface area contributed by atoms with Crippen LogP contribution in [0.5, 0.6) is 11.5 Å². The third-order valence-corrected chi connectivity index (χ3v) is 6.33. The maximum Gasteiger partial charge on any atom is 0.320 e. The lowest BCUT2D eigenvalue weighted by Crippen LogP contribution is -2.28. The highest BCUT2D eigenvalue weighted by Crippen LogP contribution is 2.25. The van der Waals surface area contributed by atoms with E-state index in [1.807, 2.05) is 60.7 Å². The number of unbranched alkanes of at least 4 members (excludes halogenated alkanes) is 3. The molecular formula is C33H37NO6. The molecule has 0 aliphatic carbocycles. The SMILES string of the molecule is CCOC(=O)C(CCCCCCOc1ccc(-c2ccc(OCc3ccc(C#N)cc3)cc2)cc1)C(=O)OCC. The first kappa shape index (κ1) is 30.2. The number of rotatable bonds is 16. The molecule has 0 saturated carbocycles. The Balaban J connectivity index is 1.36. The molecule has 7 nitrogen and oxygen atoms in total. The molecule has 0 unspecified atom stereocenters. The van der Waals surface area contributed by atoms with Crippen LogP contribution in [0.3, 0.4) is 0 Å². The fourth-order valence-corrected chi connectivity index (χ4v) is 4.14. The summed E-state index contributed by atoms with van der Waals surface area (Å²) in [6.07, 6.45) is 3.90. The summed E-state index contributed by atoms with van der Waals surface area (Å²) in [4.78, 5) is 24.1. The molecule has 0 aliphatic heterocycles. The number of ether oxygens (including phenoxy) is 4. The van der Waals surface area contributed by atoms with E-state index >= 15 is 0 Å². The first-order valence-corrected chi connectivity index (χ1v) is 13.8. The minimum Gasteiger partial charge on any atom is -0.494 e. The van der Waals surface area contributed by atoms with Crippen molar-refractivity contribution < 1.29 is 28.5 Å². The first-order valence-electron chi connectivity index (χ1n) is 13.8. The van der Waals surface area contributed by atoms with Crippen molar-refractivity contribution in [2.75, 3.05) is 19.8 Å². The first-order chi connectivity index (χ1) is 19.5. The maximum atomic E-state index is 12.0. The van der Waals surface area contributed by atoms with E-state index in [2.05, 4.69) is 6.07 Å². The summed E-state index contributed by atoms with van der Waals surface area (Å²) in [5, 5.41) is 8.90. The summed E-state index contributed by atoms with van der Waals surface area (Å²) >= 11 is 0. The predicted molar refractivity (Wildman–Crippen MR) is 153 cm³/mol. The predicted octanol–water partition coefficient (Wildman–Crippen LogP) is 6.88. The number of carbonyl (C=O) groups excluding carboxylic acids is 2. The van der Waals surface area contributed by atoms with Gasteiger partial charge in [0.2, 0.25) is 0 Å². The molecule has 0 heterocycles. The van der Waals surface area contributed by atoms with Gasteiger partial charge in [-0.15, -0.1) is 0 Å². The highest BCUT2D eigenvalue weighted by molar-refractivity contribution is 5.94. The van der Waals surface area contributed by atoms with Crippen molar-refractivity contribution in [3.8, 4) is 28.7 Å². The molecule has 0 aliphatic rings. The van der Waals surface area contributed by atoms with Gasteiger partial charge in [-0.3, -0.25) is 9.59 Å². The zero-order valence-electron chi connectivity index (χ0n) is 23.3. The van der Waals surface area contributed by atoms with Gasteiger partial charge in [-0.2, -0.15) is 5.26 Å². The highest BCUT2D eigenvalue weighted by Gasteiger charge is 2.28. The lowest BCUT2D eigenvalue weighted by molar-refractivity contribution is -0.161. The topological polar surface area (TPSA) is 94.9 Å². The van der Waals surface area contributed by atoms with Crippen LogP contribution in [0.1, 0.15) is 57.1 Å². The van der Waals surface area contributed by atoms with Crippen molar-refractivity contribution in [1.29, 1.82) is 5.26 Å². The molecule has 3 aromatic carbocycles. The second-order valence-corrected chi connectivity index (χ2v) is 9.25. The highest BCUT2D eigenvalue weighted by atomic mass is 16.6. The van der Waals surface area contributed by atoms with E-state index in [0.29, 0.717) is 25.2 Å². The number of nitriles is 1. The van der Waals surface area contributed by atoms with Crippen LogP contribution in [0.25, 0.3) is 11.1 Å². The maximum absolute atomic E-state index is 12.0. The van der Waals surface area contributed by atoms with Gasteiger partial charge in [-0.1, -0.05) is 55.7 Å². The van der Waals surface area contributed by atoms with Crippen molar-refractivity contribution in [3.63, 3.8) is 0 Å². The number of hydrogen-bond acceptors (Lipinski definition) is 7. The van der Waals surface area contributed by atoms with Gasteiger partial charge in [0.25, 0.3) is 0 Å². The average molecular weight is 544 g/mol. The Hall–Kier alpha value is -4.31. The lowest BCUT2D eigenvalue weighted by atomic mass is 10.0. The Labute approximate surface area is 236 Å². The van der Waals surface area contributed by atoms with E-state index in [1.54, 1.807) is 26.0 Å². The van der Waals surface area contributed by atoms with Crippen molar-refractivity contribution in [2.24, 2.45) is 5.92 Å². The van der Waals surface area contributed by atoms with Crippen LogP contribution in [0.4, 0.5) is 0 Å². The van der Waals surface area contributed by atoms with Crippen LogP contribution >= 0.6 is 0 Å². The summed E-state index contributed by atoms with van der Waals surface area (Å²) in [7, 11) is 0. The lowest BCUT2D eigenvalue weighted by Gasteiger charge is -2.14. The zero-order valence-corrected chi connectivity index (χ0v) is 23.3. The molecule has 0 spiro atoms. The molecule has 0 aromatic heterocycles. The Morgan fingerprint density at radius 1 is 0.700 bits per heavy atom. The quantitative estimate of drug-likeness (QED) is 0.110. The molecule has 0 bridgehead atoms. The Bertz CT molecular complexity index is 1210. The summed E-state index contributed by atoms with van der Waals surface area (Å²) in [6, 6.07) is 25.4. The molecular weight excluding hydrogens is 506 g/mol. The van der Waals surface area contributed by atoms with E-state index in [9.17, 15) is 9.59 Å². The van der Waals surface area contributed by atoms with Crippen molar-refractivity contribution >= 4 is 11.9 Å². The zero-order chi connectivity index (χ0) is 28.6. The molecule has 0 fully saturated rings. The van der Waals surface area contributed by atoms with Crippen LogP contribution < -0.4 is 9.47 Å². The van der Waals surface area contributed by atoms with Crippen molar-refractivity contribution in [2.45, 2.75) is 52.6 Å². The van der Waals surface area contributed by atoms with Crippen molar-refractivity contribution in [3.05, 3.63) is 83.9 Å². The van der Waals surface area contributed by atoms with Gasteiger partial charge >= 0.3 is 11.9 Å². The fourth-order valence-electron chi connectivity index (χ4n) is 4.14. The summed E-state index contributed by atoms with van der Waals surface area (Å²) in [5.41, 5.74) is 3.82. The normalized spacial score (nSPS) is 10.6. The van der Waals surface area contributed by atoms with Crippen LogP contribution in [-0.4, -0.2) is 31.8 Å². The molecule has 7 heteroatoms. The molecule has 0 radical (unpaired) electrons. The van der Waals surface area contributed by atoms with Crippen LogP contribution in [0, 0.1) is 17.2 Å². The number of nitrogens with zero attached hydrogens (tertiary/aromatic N) is 1. The van der Waals surface area contributed by atoms with Crippen LogP contribution in [0.15, 0.2) is 72.8 Å². The second kappa shape index (κ2) is 16.6. The Kier molecular flexibility index (Phi) is 12.6. The third kappa shape index (κ3) is 9.77. The van der Waals surface area contributed by atoms with E-state index in [4.69, 9.17) is 24.2 Å². The van der Waals surface area contributed by atoms with Gasteiger partial charge in [0.15, 0.2) is 5.92 Å². The number of hydrogen-bond donors (Lipinski definition) is 0. The summed E-state index contributed by atoms with van der Waals surface area (Å²) in [5.74, 6) is -0.248. The van der Waals surface area contributed by atoms with E-state index in [0.717, 1.165) is 53.9 Å². The standard InChI is InChI=1S/C33H37NO6/c1-3-37-32(35)31(33(36)38-4-2)9-7-5-6-8-22-39-29-18-14-27(15-19-29)28-16-20-30(21-17-28)40-24-26-12-10-25(23-34)11-13-26/h10-21,31H,3-9,22,24H2,1-2H3. The molecule has 0 N–H and O–H groups in total. The monoisotopic (exact) mass is 543 g/mol. The van der Waals surface area contributed by atoms with Crippen LogP contribution in [-0.2, 0) is 25.7 Å². The minimum atomic E-state index is -0.840. The average Bonchev–Trinajstić information content (AvgIpc) is 2.98. The molecule has 0 amide bonds. The van der Waals surface area contributed by atoms with Crippen molar-refractivity contribution in [1.82, 2.24) is 0 Å². The van der Waals surface area contributed by atoms with Gasteiger partial charge in [0.1, 0.15) is 18.1 Å². The molecule has 210 valence electrons. The van der Waals surface area contributed by atoms with Gasteiger partial charge in [0, 0.05) is 0 Å². The van der Waals surface area contributed by atoms with Crippen LogP contribution in [0.2, 0.25) is 0 Å². The summed E-state index contributed by atoms with van der Waals surface area (Å²) in [6.45, 7) is 4.99. The smallest absolute Gasteiger partial charge is 0.320 e. The largest absolute Gasteiger partial charge is 0.494 e. The molecule has 0 saturated heterocycles.